The summed E-state index contributed by atoms with van der Waals surface area (Å²) in [6.45, 7) is 21.3. The van der Waals surface area contributed by atoms with Crippen LogP contribution in [0.15, 0.2) is 0 Å². The van der Waals surface area contributed by atoms with Crippen LogP contribution in [0.3, 0.4) is 0 Å². The molecule has 0 aromatic carbocycles. The number of urea groups is 1. The van der Waals surface area contributed by atoms with Gasteiger partial charge in [-0.05, 0) is 59.2 Å². The summed E-state index contributed by atoms with van der Waals surface area (Å²) >= 11 is 0. The number of amides is 3. The Labute approximate surface area is 210 Å². The van der Waals surface area contributed by atoms with Crippen LogP contribution in [0.4, 0.5) is 9.59 Å². The van der Waals surface area contributed by atoms with Crippen LogP contribution in [0.1, 0.15) is 61.8 Å². The number of fused-ring (bicyclic) bond motifs is 1. The SMILES string of the molecule is CC(C)(C)OC(=O)NCC1OC(O[Si](C)(C)C(C)(C)C)[C@H](N2CCCNC2=O)[C@H]2OC(C)(C)O[C@@H]12. The first kappa shape index (κ1) is 28.2. The van der Waals surface area contributed by atoms with Crippen LogP contribution >= 0.6 is 0 Å². The third-order valence-electron chi connectivity index (χ3n) is 6.99. The summed E-state index contributed by atoms with van der Waals surface area (Å²) in [7, 11) is -2.30. The number of alkyl carbamates (subject to hydrolysis) is 1. The van der Waals surface area contributed by atoms with E-state index in [1.165, 1.54) is 0 Å². The minimum absolute atomic E-state index is 0.0710. The molecule has 2 N–H and O–H groups in total. The lowest BCUT2D eigenvalue weighted by Gasteiger charge is -2.50. The van der Waals surface area contributed by atoms with Crippen molar-refractivity contribution in [3.8, 4) is 0 Å². The first-order chi connectivity index (χ1) is 15.9. The van der Waals surface area contributed by atoms with Crippen molar-refractivity contribution in [3.63, 3.8) is 0 Å². The molecule has 10 nitrogen and oxygen atoms in total. The number of nitrogens with zero attached hydrogens (tertiary/aromatic N) is 1. The van der Waals surface area contributed by atoms with Gasteiger partial charge in [-0.2, -0.15) is 0 Å². The molecule has 0 bridgehead atoms. The lowest BCUT2D eigenvalue weighted by Crippen LogP contribution is -2.69. The average molecular weight is 516 g/mol. The van der Waals surface area contributed by atoms with E-state index in [0.29, 0.717) is 13.1 Å². The van der Waals surface area contributed by atoms with Gasteiger partial charge in [-0.25, -0.2) is 9.59 Å². The van der Waals surface area contributed by atoms with Gasteiger partial charge in [-0.1, -0.05) is 20.8 Å². The molecule has 3 aliphatic rings. The van der Waals surface area contributed by atoms with Crippen LogP contribution in [0.25, 0.3) is 0 Å². The highest BCUT2D eigenvalue weighted by Crippen LogP contribution is 2.43. The molecule has 0 aliphatic carbocycles. The van der Waals surface area contributed by atoms with Gasteiger partial charge in [-0.15, -0.1) is 0 Å². The normalized spacial score (nSPS) is 31.5. The molecule has 2 unspecified atom stereocenters. The van der Waals surface area contributed by atoms with Crippen LogP contribution in [0.2, 0.25) is 18.1 Å². The maximum Gasteiger partial charge on any atom is 0.407 e. The summed E-state index contributed by atoms with van der Waals surface area (Å²) in [6, 6.07) is -0.653. The van der Waals surface area contributed by atoms with E-state index in [-0.39, 0.29) is 17.6 Å². The van der Waals surface area contributed by atoms with E-state index in [1.54, 1.807) is 4.90 Å². The topological polar surface area (TPSA) is 108 Å². The molecule has 202 valence electrons. The van der Waals surface area contributed by atoms with Crippen molar-refractivity contribution >= 4 is 20.4 Å². The van der Waals surface area contributed by atoms with Gasteiger partial charge < -0.3 is 38.9 Å². The third-order valence-corrected chi connectivity index (χ3v) is 11.4. The molecule has 0 radical (unpaired) electrons. The number of carbonyl (C=O) groups excluding carboxylic acids is 2. The zero-order valence-corrected chi connectivity index (χ0v) is 24.0. The Morgan fingerprint density at radius 2 is 1.80 bits per heavy atom. The lowest BCUT2D eigenvalue weighted by molar-refractivity contribution is -0.230. The van der Waals surface area contributed by atoms with Gasteiger partial charge >= 0.3 is 12.1 Å². The number of hydrogen-bond donors (Lipinski definition) is 2. The molecule has 0 spiro atoms. The summed E-state index contributed by atoms with van der Waals surface area (Å²) in [4.78, 5) is 27.1. The molecular weight excluding hydrogens is 470 g/mol. The molecule has 3 rings (SSSR count). The van der Waals surface area contributed by atoms with Crippen molar-refractivity contribution in [1.29, 1.82) is 0 Å². The Morgan fingerprint density at radius 3 is 2.37 bits per heavy atom. The molecule has 3 aliphatic heterocycles. The standard InChI is InChI=1S/C24H45N3O7Si/c1-22(2,3)33-21(29)26-14-15-17-18(32-24(7,8)31-17)16(27-13-11-12-25-20(27)28)19(30-15)34-35(9,10)23(4,5)6/h15-19H,11-14H2,1-10H3,(H,25,28)(H,26,29)/t15?,16-,17+,18-,19?/m1/s1. The number of carbonyl (C=O) groups is 2. The van der Waals surface area contributed by atoms with E-state index < -0.39 is 56.4 Å². The summed E-state index contributed by atoms with van der Waals surface area (Å²) in [6.07, 6.45) is -1.98. The summed E-state index contributed by atoms with van der Waals surface area (Å²) in [5.41, 5.74) is -0.615. The van der Waals surface area contributed by atoms with E-state index in [2.05, 4.69) is 44.5 Å². The van der Waals surface area contributed by atoms with E-state index in [0.717, 1.165) is 6.42 Å². The average Bonchev–Trinajstić information content (AvgIpc) is 2.99. The van der Waals surface area contributed by atoms with Crippen LogP contribution in [0, 0.1) is 0 Å². The Hall–Kier alpha value is -1.40. The highest BCUT2D eigenvalue weighted by Gasteiger charge is 2.59. The van der Waals surface area contributed by atoms with E-state index in [4.69, 9.17) is 23.4 Å². The fourth-order valence-corrected chi connectivity index (χ4v) is 5.47. The number of hydrogen-bond acceptors (Lipinski definition) is 7. The molecule has 3 fully saturated rings. The maximum atomic E-state index is 12.9. The molecule has 11 heteroatoms. The summed E-state index contributed by atoms with van der Waals surface area (Å²) in [5.74, 6) is -0.876. The predicted molar refractivity (Wildman–Crippen MR) is 134 cm³/mol. The molecule has 0 saturated carbocycles. The molecular formula is C24H45N3O7Si. The molecule has 3 heterocycles. The molecule has 0 aromatic rings. The van der Waals surface area contributed by atoms with Crippen molar-refractivity contribution in [2.45, 2.75) is 122 Å². The van der Waals surface area contributed by atoms with Crippen LogP contribution in [-0.4, -0.2) is 87.0 Å². The van der Waals surface area contributed by atoms with Crippen molar-refractivity contribution in [1.82, 2.24) is 15.5 Å². The second-order valence-electron chi connectivity index (χ2n) is 12.6. The first-order valence-electron chi connectivity index (χ1n) is 12.6. The highest BCUT2D eigenvalue weighted by atomic mass is 28.4. The number of ether oxygens (including phenoxy) is 4. The highest BCUT2D eigenvalue weighted by molar-refractivity contribution is 6.74. The molecule has 3 saturated heterocycles. The van der Waals surface area contributed by atoms with Gasteiger partial charge in [0.05, 0.1) is 0 Å². The minimum atomic E-state index is -2.30. The van der Waals surface area contributed by atoms with Gasteiger partial charge in [0.2, 0.25) is 0 Å². The van der Waals surface area contributed by atoms with Crippen molar-refractivity contribution < 1.29 is 33.0 Å². The van der Waals surface area contributed by atoms with Gasteiger partial charge in [-0.3, -0.25) is 0 Å². The molecule has 35 heavy (non-hydrogen) atoms. The number of nitrogens with one attached hydrogen (secondary N) is 2. The van der Waals surface area contributed by atoms with E-state index in [1.807, 2.05) is 34.6 Å². The van der Waals surface area contributed by atoms with E-state index in [9.17, 15) is 9.59 Å². The van der Waals surface area contributed by atoms with Crippen LogP contribution in [-0.2, 0) is 23.4 Å². The Kier molecular flexibility index (Phi) is 7.90. The first-order valence-corrected chi connectivity index (χ1v) is 15.5. The van der Waals surface area contributed by atoms with Gasteiger partial charge in [0.1, 0.15) is 30.0 Å². The predicted octanol–water partition coefficient (Wildman–Crippen LogP) is 3.56. The largest absolute Gasteiger partial charge is 0.444 e. The Morgan fingerprint density at radius 1 is 1.17 bits per heavy atom. The van der Waals surface area contributed by atoms with Crippen molar-refractivity contribution in [2.75, 3.05) is 19.6 Å². The Balaban J connectivity index is 1.91. The second kappa shape index (κ2) is 9.81. The minimum Gasteiger partial charge on any atom is -0.444 e. The van der Waals surface area contributed by atoms with Gasteiger partial charge in [0.25, 0.3) is 0 Å². The lowest BCUT2D eigenvalue weighted by atomic mass is 9.95. The van der Waals surface area contributed by atoms with Crippen LogP contribution in [0.5, 0.6) is 0 Å². The molecule has 3 amide bonds. The van der Waals surface area contributed by atoms with Gasteiger partial charge in [0, 0.05) is 19.6 Å². The maximum absolute atomic E-state index is 12.9. The smallest absolute Gasteiger partial charge is 0.407 e. The zero-order valence-electron chi connectivity index (χ0n) is 23.0. The van der Waals surface area contributed by atoms with Crippen molar-refractivity contribution in [2.24, 2.45) is 0 Å². The summed E-state index contributed by atoms with van der Waals surface area (Å²) < 4.78 is 31.3. The second-order valence-corrected chi connectivity index (χ2v) is 17.4. The Bertz CT molecular complexity index is 793. The number of rotatable bonds is 5. The zero-order chi connectivity index (χ0) is 26.4. The van der Waals surface area contributed by atoms with Crippen LogP contribution < -0.4 is 10.6 Å². The van der Waals surface area contributed by atoms with Gasteiger partial charge in [0.15, 0.2) is 20.4 Å². The van der Waals surface area contributed by atoms with Crippen molar-refractivity contribution in [3.05, 3.63) is 0 Å². The quantitative estimate of drug-likeness (QED) is 0.539. The fourth-order valence-electron chi connectivity index (χ4n) is 4.34. The molecule has 5 atom stereocenters. The third kappa shape index (κ3) is 6.68. The monoisotopic (exact) mass is 515 g/mol. The summed E-state index contributed by atoms with van der Waals surface area (Å²) in [5, 5.41) is 5.67. The molecule has 0 aromatic heterocycles. The fraction of sp³-hybridized carbons (Fsp3) is 0.917. The van der Waals surface area contributed by atoms with E-state index >= 15 is 0 Å².